The molecule has 5 nitrogen and oxygen atoms in total. The largest absolute Gasteiger partial charge is 0.378 e. The highest BCUT2D eigenvalue weighted by molar-refractivity contribution is 14.0. The molecule has 1 fully saturated rings. The molecule has 2 N–H and O–H groups in total. The van der Waals surface area contributed by atoms with Gasteiger partial charge in [-0.15, -0.1) is 24.0 Å². The first-order valence-corrected chi connectivity index (χ1v) is 8.66. The van der Waals surface area contributed by atoms with Gasteiger partial charge in [0.2, 0.25) is 0 Å². The summed E-state index contributed by atoms with van der Waals surface area (Å²) in [6.07, 6.45) is 4.67. The van der Waals surface area contributed by atoms with Gasteiger partial charge >= 0.3 is 0 Å². The van der Waals surface area contributed by atoms with Crippen LogP contribution in [0.5, 0.6) is 0 Å². The fraction of sp³-hybridized carbons (Fsp3) is 0.611. The zero-order chi connectivity index (χ0) is 15.9. The maximum absolute atomic E-state index is 6.09. The molecule has 24 heavy (non-hydrogen) atoms. The molecule has 1 unspecified atom stereocenters. The number of aryl methyl sites for hydroxylation is 1. The van der Waals surface area contributed by atoms with Gasteiger partial charge in [-0.25, -0.2) is 0 Å². The van der Waals surface area contributed by atoms with E-state index < -0.39 is 0 Å². The molecule has 0 spiro atoms. The van der Waals surface area contributed by atoms with E-state index in [0.717, 1.165) is 52.3 Å². The molecule has 0 aromatic heterocycles. The summed E-state index contributed by atoms with van der Waals surface area (Å²) in [5, 5.41) is 0. The minimum Gasteiger partial charge on any atom is -0.378 e. The molecule has 0 bridgehead atoms. The van der Waals surface area contributed by atoms with Gasteiger partial charge in [0.15, 0.2) is 5.96 Å². The second-order valence-electron chi connectivity index (χ2n) is 6.14. The molecule has 1 atom stereocenters. The van der Waals surface area contributed by atoms with E-state index in [-0.39, 0.29) is 30.1 Å². The van der Waals surface area contributed by atoms with Gasteiger partial charge in [-0.1, -0.05) is 24.3 Å². The summed E-state index contributed by atoms with van der Waals surface area (Å²) in [4.78, 5) is 6.54. The molecule has 0 amide bonds. The predicted octanol–water partition coefficient (Wildman–Crippen LogP) is 2.74. The predicted molar refractivity (Wildman–Crippen MR) is 107 cm³/mol. The monoisotopic (exact) mass is 445 g/mol. The van der Waals surface area contributed by atoms with E-state index in [2.05, 4.69) is 34.2 Å². The molecule has 1 aliphatic heterocycles. The van der Waals surface area contributed by atoms with Crippen LogP contribution in [0.4, 0.5) is 0 Å². The molecule has 1 heterocycles. The quantitative estimate of drug-likeness (QED) is 0.328. The smallest absolute Gasteiger partial charge is 0.191 e. The van der Waals surface area contributed by atoms with Crippen molar-refractivity contribution in [1.82, 2.24) is 4.90 Å². The highest BCUT2D eigenvalue weighted by Crippen LogP contribution is 2.32. The third-order valence-corrected chi connectivity index (χ3v) is 4.54. The van der Waals surface area contributed by atoms with Crippen LogP contribution in [-0.2, 0) is 15.9 Å². The average molecular weight is 445 g/mol. The van der Waals surface area contributed by atoms with Gasteiger partial charge in [0.05, 0.1) is 19.3 Å². The average Bonchev–Trinajstić information content (AvgIpc) is 2.62. The van der Waals surface area contributed by atoms with E-state index in [4.69, 9.17) is 15.2 Å². The van der Waals surface area contributed by atoms with Crippen LogP contribution in [0, 0.1) is 0 Å². The summed E-state index contributed by atoms with van der Waals surface area (Å²) >= 11 is 0. The lowest BCUT2D eigenvalue weighted by molar-refractivity contribution is 0.0401. The van der Waals surface area contributed by atoms with Crippen LogP contribution in [0.25, 0.3) is 0 Å². The fourth-order valence-corrected chi connectivity index (χ4v) is 3.26. The summed E-state index contributed by atoms with van der Waals surface area (Å²) in [7, 11) is 0. The number of rotatable bonds is 5. The maximum atomic E-state index is 6.09. The van der Waals surface area contributed by atoms with Gasteiger partial charge in [-0.2, -0.15) is 0 Å². The second kappa shape index (κ2) is 10.2. The normalized spacial score (nSPS) is 21.1. The number of morpholine rings is 1. The maximum Gasteiger partial charge on any atom is 0.191 e. The number of nitrogens with zero attached hydrogens (tertiary/aromatic N) is 2. The summed E-state index contributed by atoms with van der Waals surface area (Å²) < 4.78 is 11.4. The van der Waals surface area contributed by atoms with Crippen LogP contribution in [0.2, 0.25) is 0 Å². The fourth-order valence-electron chi connectivity index (χ4n) is 3.26. The summed E-state index contributed by atoms with van der Waals surface area (Å²) in [6.45, 7) is 4.60. The molecule has 1 saturated heterocycles. The van der Waals surface area contributed by atoms with Gasteiger partial charge in [0.1, 0.15) is 0 Å². The van der Waals surface area contributed by atoms with Crippen molar-refractivity contribution in [2.75, 3.05) is 39.5 Å². The lowest BCUT2D eigenvalue weighted by Gasteiger charge is -2.27. The topological polar surface area (TPSA) is 60.1 Å². The Balaban J connectivity index is 0.00000208. The van der Waals surface area contributed by atoms with E-state index >= 15 is 0 Å². The summed E-state index contributed by atoms with van der Waals surface area (Å²) in [5.74, 6) is 0.635. The highest BCUT2D eigenvalue weighted by atomic mass is 127. The molecule has 3 rings (SSSR count). The first-order valence-electron chi connectivity index (χ1n) is 8.66. The number of halogens is 1. The Morgan fingerprint density at radius 1 is 1.29 bits per heavy atom. The van der Waals surface area contributed by atoms with E-state index in [0.29, 0.717) is 5.96 Å². The van der Waals surface area contributed by atoms with Crippen molar-refractivity contribution in [1.29, 1.82) is 0 Å². The van der Waals surface area contributed by atoms with Gasteiger partial charge in [0, 0.05) is 26.2 Å². The lowest BCUT2D eigenvalue weighted by Crippen LogP contribution is -2.44. The summed E-state index contributed by atoms with van der Waals surface area (Å²) in [5.41, 5.74) is 8.83. The molecule has 134 valence electrons. The number of guanidine groups is 1. The molecule has 2 aliphatic rings. The van der Waals surface area contributed by atoms with Crippen LogP contribution in [0.3, 0.4) is 0 Å². The lowest BCUT2D eigenvalue weighted by atomic mass is 9.89. The van der Waals surface area contributed by atoms with E-state index in [1.54, 1.807) is 0 Å². The van der Waals surface area contributed by atoms with E-state index in [9.17, 15) is 0 Å². The van der Waals surface area contributed by atoms with E-state index in [1.165, 1.54) is 24.0 Å². The SMILES string of the molecule is I.NC(=NCCCOC1CCCc2ccccc21)N1CCOCC1. The van der Waals surface area contributed by atoms with Crippen molar-refractivity contribution in [2.24, 2.45) is 10.7 Å². The molecular weight excluding hydrogens is 417 g/mol. The summed E-state index contributed by atoms with van der Waals surface area (Å²) in [6, 6.07) is 8.64. The zero-order valence-corrected chi connectivity index (χ0v) is 16.5. The number of benzene rings is 1. The second-order valence-corrected chi connectivity index (χ2v) is 6.14. The molecule has 6 heteroatoms. The van der Waals surface area contributed by atoms with Gasteiger partial charge in [-0.05, 0) is 36.8 Å². The van der Waals surface area contributed by atoms with Crippen molar-refractivity contribution in [2.45, 2.75) is 31.8 Å². The van der Waals surface area contributed by atoms with Crippen molar-refractivity contribution in [3.63, 3.8) is 0 Å². The van der Waals surface area contributed by atoms with Gasteiger partial charge < -0.3 is 20.1 Å². The first kappa shape index (κ1) is 19.5. The Morgan fingerprint density at radius 2 is 2.08 bits per heavy atom. The number of aliphatic imine (C=N–C) groups is 1. The first-order chi connectivity index (χ1) is 11.3. The molecule has 0 saturated carbocycles. The third-order valence-electron chi connectivity index (χ3n) is 4.54. The highest BCUT2D eigenvalue weighted by Gasteiger charge is 2.19. The Bertz CT molecular complexity index is 533. The Kier molecular flexibility index (Phi) is 8.28. The number of hydrogen-bond donors (Lipinski definition) is 1. The molecule has 0 radical (unpaired) electrons. The van der Waals surface area contributed by atoms with Crippen LogP contribution in [0.1, 0.15) is 36.5 Å². The minimum atomic E-state index is 0. The molecule has 1 aromatic rings. The molecular formula is C18H28IN3O2. The van der Waals surface area contributed by atoms with Gasteiger partial charge in [0.25, 0.3) is 0 Å². The number of ether oxygens (including phenoxy) is 2. The minimum absolute atomic E-state index is 0. The van der Waals surface area contributed by atoms with Crippen LogP contribution < -0.4 is 5.73 Å². The third kappa shape index (κ3) is 5.32. The Morgan fingerprint density at radius 3 is 2.92 bits per heavy atom. The van der Waals surface area contributed by atoms with Crippen molar-refractivity contribution < 1.29 is 9.47 Å². The number of fused-ring (bicyclic) bond motifs is 1. The Hall–Kier alpha value is -0.860. The van der Waals surface area contributed by atoms with Crippen molar-refractivity contribution in [3.05, 3.63) is 35.4 Å². The number of nitrogens with two attached hydrogens (primary N) is 1. The zero-order valence-electron chi connectivity index (χ0n) is 14.2. The molecule has 1 aliphatic carbocycles. The Labute approximate surface area is 161 Å². The number of hydrogen-bond acceptors (Lipinski definition) is 3. The van der Waals surface area contributed by atoms with Gasteiger partial charge in [-0.3, -0.25) is 4.99 Å². The van der Waals surface area contributed by atoms with Crippen LogP contribution in [0.15, 0.2) is 29.3 Å². The van der Waals surface area contributed by atoms with Crippen molar-refractivity contribution in [3.8, 4) is 0 Å². The van der Waals surface area contributed by atoms with Crippen molar-refractivity contribution >= 4 is 29.9 Å². The van der Waals surface area contributed by atoms with E-state index in [1.807, 2.05) is 0 Å². The standard InChI is InChI=1S/C18H27N3O2.HI/c19-18(21-10-13-22-14-11-21)20-9-4-12-23-17-8-3-6-15-5-1-2-7-16(15)17;/h1-2,5,7,17H,3-4,6,8-14H2,(H2,19,20);1H. The van der Waals surface area contributed by atoms with Crippen LogP contribution >= 0.6 is 24.0 Å². The van der Waals surface area contributed by atoms with Crippen LogP contribution in [-0.4, -0.2) is 50.3 Å². The molecule has 1 aromatic carbocycles.